The van der Waals surface area contributed by atoms with Crippen LogP contribution in [0.5, 0.6) is 0 Å². The molecule has 16 heavy (non-hydrogen) atoms. The number of methoxy groups -OCH3 is 2. The summed E-state index contributed by atoms with van der Waals surface area (Å²) in [5.74, 6) is 0. The summed E-state index contributed by atoms with van der Waals surface area (Å²) < 4.78 is 20.8. The van der Waals surface area contributed by atoms with Gasteiger partial charge >= 0.3 is 0 Å². The van der Waals surface area contributed by atoms with E-state index in [0.29, 0.717) is 6.61 Å². The first-order valence-electron chi connectivity index (χ1n) is 5.98. The van der Waals surface area contributed by atoms with Gasteiger partial charge in [-0.1, -0.05) is 0 Å². The van der Waals surface area contributed by atoms with Crippen molar-refractivity contribution in [3.05, 3.63) is 0 Å². The minimum atomic E-state index is 0.185. The lowest BCUT2D eigenvalue weighted by atomic mass is 10.3. The first kappa shape index (κ1) is 15.8. The van der Waals surface area contributed by atoms with Crippen molar-refractivity contribution < 1.29 is 18.9 Å². The zero-order valence-electron chi connectivity index (χ0n) is 10.9. The molecule has 4 nitrogen and oxygen atoms in total. The van der Waals surface area contributed by atoms with Crippen LogP contribution in [0, 0.1) is 0 Å². The Morgan fingerprint density at radius 3 is 2.06 bits per heavy atom. The van der Waals surface area contributed by atoms with Crippen LogP contribution < -0.4 is 0 Å². The second-order valence-corrected chi connectivity index (χ2v) is 3.79. The zero-order valence-corrected chi connectivity index (χ0v) is 10.9. The molecule has 0 radical (unpaired) electrons. The van der Waals surface area contributed by atoms with Crippen LogP contribution in [0.3, 0.4) is 0 Å². The molecule has 0 rings (SSSR count). The molecule has 1 unspecified atom stereocenters. The Bertz CT molecular complexity index is 130. The molecular formula is C12H26O4. The van der Waals surface area contributed by atoms with Crippen LogP contribution >= 0.6 is 0 Å². The first-order chi connectivity index (χ1) is 7.81. The van der Waals surface area contributed by atoms with E-state index in [-0.39, 0.29) is 6.10 Å². The molecule has 0 fully saturated rings. The van der Waals surface area contributed by atoms with Gasteiger partial charge in [-0.3, -0.25) is 0 Å². The van der Waals surface area contributed by atoms with Crippen LogP contribution in [-0.4, -0.2) is 53.4 Å². The van der Waals surface area contributed by atoms with Gasteiger partial charge in [0.25, 0.3) is 0 Å². The molecular weight excluding hydrogens is 208 g/mol. The molecule has 0 amide bonds. The van der Waals surface area contributed by atoms with Gasteiger partial charge in [-0.25, -0.2) is 0 Å². The Hall–Kier alpha value is -0.160. The molecule has 0 bridgehead atoms. The number of unbranched alkanes of at least 4 members (excludes halogenated alkanes) is 1. The molecule has 4 heteroatoms. The molecule has 0 saturated carbocycles. The lowest BCUT2D eigenvalue weighted by Crippen LogP contribution is -2.14. The van der Waals surface area contributed by atoms with Crippen molar-refractivity contribution in [3.8, 4) is 0 Å². The van der Waals surface area contributed by atoms with E-state index in [1.54, 1.807) is 14.2 Å². The van der Waals surface area contributed by atoms with Gasteiger partial charge in [0.1, 0.15) is 0 Å². The van der Waals surface area contributed by atoms with Crippen LogP contribution in [0.25, 0.3) is 0 Å². The van der Waals surface area contributed by atoms with Gasteiger partial charge in [-0.05, 0) is 26.2 Å². The molecule has 0 N–H and O–H groups in total. The predicted octanol–water partition coefficient (Wildman–Crippen LogP) is 1.87. The van der Waals surface area contributed by atoms with Crippen molar-refractivity contribution in [1.29, 1.82) is 0 Å². The summed E-state index contributed by atoms with van der Waals surface area (Å²) in [6.07, 6.45) is 3.25. The van der Waals surface area contributed by atoms with E-state index in [2.05, 4.69) is 0 Å². The third-order valence-electron chi connectivity index (χ3n) is 2.22. The van der Waals surface area contributed by atoms with E-state index in [0.717, 1.165) is 45.7 Å². The lowest BCUT2D eigenvalue weighted by Gasteiger charge is -2.09. The predicted molar refractivity (Wildman–Crippen MR) is 63.8 cm³/mol. The Morgan fingerprint density at radius 1 is 0.812 bits per heavy atom. The summed E-state index contributed by atoms with van der Waals surface area (Å²) in [4.78, 5) is 0. The van der Waals surface area contributed by atoms with Crippen molar-refractivity contribution in [2.45, 2.75) is 32.3 Å². The fourth-order valence-electron chi connectivity index (χ4n) is 1.13. The topological polar surface area (TPSA) is 36.9 Å². The van der Waals surface area contributed by atoms with Gasteiger partial charge in [-0.15, -0.1) is 0 Å². The van der Waals surface area contributed by atoms with E-state index < -0.39 is 0 Å². The first-order valence-corrected chi connectivity index (χ1v) is 5.98. The van der Waals surface area contributed by atoms with Gasteiger partial charge in [0.15, 0.2) is 0 Å². The number of rotatable bonds is 12. The van der Waals surface area contributed by atoms with Crippen LogP contribution in [0.1, 0.15) is 26.2 Å². The molecule has 0 saturated heterocycles. The van der Waals surface area contributed by atoms with Gasteiger partial charge in [0, 0.05) is 40.6 Å². The van der Waals surface area contributed by atoms with Gasteiger partial charge in [-0.2, -0.15) is 0 Å². The summed E-state index contributed by atoms with van der Waals surface area (Å²) in [6.45, 7) is 5.83. The molecule has 98 valence electrons. The molecule has 1 atom stereocenters. The van der Waals surface area contributed by atoms with E-state index >= 15 is 0 Å². The van der Waals surface area contributed by atoms with Crippen LogP contribution in [0.15, 0.2) is 0 Å². The fraction of sp³-hybridized carbons (Fsp3) is 1.00. The Morgan fingerprint density at radius 2 is 1.44 bits per heavy atom. The highest BCUT2D eigenvalue weighted by molar-refractivity contribution is 4.45. The molecule has 0 aromatic rings. The Labute approximate surface area is 99.2 Å². The summed E-state index contributed by atoms with van der Waals surface area (Å²) in [6, 6.07) is 0. The molecule has 0 aliphatic rings. The Balaban J connectivity index is 2.93. The lowest BCUT2D eigenvalue weighted by molar-refractivity contribution is 0.0152. The smallest absolute Gasteiger partial charge is 0.0776 e. The maximum atomic E-state index is 5.43. The summed E-state index contributed by atoms with van der Waals surface area (Å²) in [7, 11) is 3.40. The number of hydrogen-bond donors (Lipinski definition) is 0. The zero-order chi connectivity index (χ0) is 12.1. The standard InChI is InChI=1S/C12H26O4/c1-12(14-3)11-16-9-5-4-8-15-10-6-7-13-2/h12H,4-11H2,1-3H3. The van der Waals surface area contributed by atoms with Gasteiger partial charge in [0.2, 0.25) is 0 Å². The SMILES string of the molecule is COCCCOCCCCOCC(C)OC. The van der Waals surface area contributed by atoms with Crippen molar-refractivity contribution in [2.75, 3.05) is 47.3 Å². The largest absolute Gasteiger partial charge is 0.385 e. The summed E-state index contributed by atoms with van der Waals surface area (Å²) in [5, 5.41) is 0. The molecule has 0 heterocycles. The average Bonchev–Trinajstić information content (AvgIpc) is 2.31. The average molecular weight is 234 g/mol. The maximum absolute atomic E-state index is 5.43. The summed E-state index contributed by atoms with van der Waals surface area (Å²) in [5.41, 5.74) is 0. The normalized spacial score (nSPS) is 12.9. The van der Waals surface area contributed by atoms with Gasteiger partial charge < -0.3 is 18.9 Å². The molecule has 0 aromatic heterocycles. The second-order valence-electron chi connectivity index (χ2n) is 3.79. The van der Waals surface area contributed by atoms with Crippen molar-refractivity contribution >= 4 is 0 Å². The van der Waals surface area contributed by atoms with Gasteiger partial charge in [0.05, 0.1) is 12.7 Å². The number of hydrogen-bond acceptors (Lipinski definition) is 4. The maximum Gasteiger partial charge on any atom is 0.0776 e. The van der Waals surface area contributed by atoms with Crippen LogP contribution in [0.2, 0.25) is 0 Å². The minimum Gasteiger partial charge on any atom is -0.385 e. The Kier molecular flexibility index (Phi) is 12.8. The van der Waals surface area contributed by atoms with Crippen LogP contribution in [-0.2, 0) is 18.9 Å². The highest BCUT2D eigenvalue weighted by Gasteiger charge is 1.98. The highest BCUT2D eigenvalue weighted by atomic mass is 16.5. The van der Waals surface area contributed by atoms with Crippen LogP contribution in [0.4, 0.5) is 0 Å². The fourth-order valence-corrected chi connectivity index (χ4v) is 1.13. The third kappa shape index (κ3) is 11.9. The van der Waals surface area contributed by atoms with Crippen molar-refractivity contribution in [2.24, 2.45) is 0 Å². The highest BCUT2D eigenvalue weighted by Crippen LogP contribution is 1.95. The number of ether oxygens (including phenoxy) is 4. The molecule has 0 aliphatic carbocycles. The van der Waals surface area contributed by atoms with Crippen molar-refractivity contribution in [3.63, 3.8) is 0 Å². The summed E-state index contributed by atoms with van der Waals surface area (Å²) >= 11 is 0. The van der Waals surface area contributed by atoms with E-state index in [9.17, 15) is 0 Å². The molecule has 0 spiro atoms. The van der Waals surface area contributed by atoms with E-state index in [4.69, 9.17) is 18.9 Å². The van der Waals surface area contributed by atoms with Crippen molar-refractivity contribution in [1.82, 2.24) is 0 Å². The molecule has 0 aromatic carbocycles. The molecule has 0 aliphatic heterocycles. The monoisotopic (exact) mass is 234 g/mol. The third-order valence-corrected chi connectivity index (χ3v) is 2.22. The van der Waals surface area contributed by atoms with E-state index in [1.807, 2.05) is 6.92 Å². The van der Waals surface area contributed by atoms with E-state index in [1.165, 1.54) is 0 Å². The second kappa shape index (κ2) is 12.9. The minimum absolute atomic E-state index is 0.185. The quantitative estimate of drug-likeness (QED) is 0.483.